The van der Waals surface area contributed by atoms with Crippen molar-refractivity contribution >= 4 is 17.7 Å². The van der Waals surface area contributed by atoms with E-state index in [2.05, 4.69) is 4.98 Å². The first-order valence-electron chi connectivity index (χ1n) is 7.66. The number of benzene rings is 2. The Morgan fingerprint density at radius 1 is 0.962 bits per heavy atom. The van der Waals surface area contributed by atoms with E-state index in [9.17, 15) is 14.4 Å². The molecule has 0 atom stereocenters. The summed E-state index contributed by atoms with van der Waals surface area (Å²) in [7, 11) is 0. The molecule has 1 heterocycles. The molecule has 0 aliphatic carbocycles. The zero-order valence-corrected chi connectivity index (χ0v) is 13.5. The molecule has 0 bridgehead atoms. The van der Waals surface area contributed by atoms with Crippen LogP contribution in [0.3, 0.4) is 0 Å². The van der Waals surface area contributed by atoms with Crippen LogP contribution in [0.4, 0.5) is 0 Å². The Balaban J connectivity index is 1.82. The van der Waals surface area contributed by atoms with Gasteiger partial charge in [-0.1, -0.05) is 30.3 Å². The standard InChI is InChI=1S/C19H14N2O5/c22-17(13-5-7-14(8-6-13)18(23)24)15-3-1-2-4-16(15)19(25)26-12-21-10-9-20-11-21/h1-11H,12H2,(H,23,24). The van der Waals surface area contributed by atoms with Gasteiger partial charge in [0, 0.05) is 23.5 Å². The summed E-state index contributed by atoms with van der Waals surface area (Å²) in [5.41, 5.74) is 0.686. The summed E-state index contributed by atoms with van der Waals surface area (Å²) < 4.78 is 6.78. The van der Waals surface area contributed by atoms with Gasteiger partial charge in [0.1, 0.15) is 0 Å². The van der Waals surface area contributed by atoms with E-state index < -0.39 is 17.7 Å². The molecule has 130 valence electrons. The maximum absolute atomic E-state index is 12.7. The van der Waals surface area contributed by atoms with Crippen molar-refractivity contribution in [1.29, 1.82) is 0 Å². The summed E-state index contributed by atoms with van der Waals surface area (Å²) in [6.45, 7) is -0.0192. The van der Waals surface area contributed by atoms with Crippen molar-refractivity contribution < 1.29 is 24.2 Å². The average Bonchev–Trinajstić information content (AvgIpc) is 3.19. The normalized spacial score (nSPS) is 10.3. The number of hydrogen-bond donors (Lipinski definition) is 1. The molecule has 0 aliphatic heterocycles. The number of carboxylic acids is 1. The van der Waals surface area contributed by atoms with Crippen molar-refractivity contribution in [3.8, 4) is 0 Å². The van der Waals surface area contributed by atoms with Gasteiger partial charge in [-0.05, 0) is 18.2 Å². The Morgan fingerprint density at radius 2 is 1.62 bits per heavy atom. The van der Waals surface area contributed by atoms with Gasteiger partial charge in [-0.25, -0.2) is 14.6 Å². The number of ether oxygens (including phenoxy) is 1. The number of carbonyl (C=O) groups excluding carboxylic acids is 2. The van der Waals surface area contributed by atoms with Crippen LogP contribution >= 0.6 is 0 Å². The second kappa shape index (κ2) is 7.43. The third-order valence-corrected chi connectivity index (χ3v) is 3.69. The minimum Gasteiger partial charge on any atom is -0.478 e. The summed E-state index contributed by atoms with van der Waals surface area (Å²) in [6.07, 6.45) is 4.72. The molecule has 1 aromatic heterocycles. The fourth-order valence-corrected chi connectivity index (χ4v) is 2.35. The van der Waals surface area contributed by atoms with Crippen LogP contribution in [0.15, 0.2) is 67.3 Å². The molecule has 0 amide bonds. The predicted octanol–water partition coefficient (Wildman–Crippen LogP) is 2.63. The molecule has 0 unspecified atom stereocenters. The maximum atomic E-state index is 12.7. The Kier molecular flexibility index (Phi) is 4.89. The average molecular weight is 350 g/mol. The lowest BCUT2D eigenvalue weighted by Gasteiger charge is -2.09. The third kappa shape index (κ3) is 3.67. The molecule has 0 radical (unpaired) electrons. The van der Waals surface area contributed by atoms with Crippen molar-refractivity contribution in [3.05, 3.63) is 89.5 Å². The number of rotatable bonds is 6. The first-order chi connectivity index (χ1) is 12.6. The second-order valence-electron chi connectivity index (χ2n) is 5.40. The van der Waals surface area contributed by atoms with E-state index in [0.717, 1.165) is 0 Å². The highest BCUT2D eigenvalue weighted by Crippen LogP contribution is 2.17. The lowest BCUT2D eigenvalue weighted by molar-refractivity contribution is 0.0369. The van der Waals surface area contributed by atoms with Crippen molar-refractivity contribution in [1.82, 2.24) is 9.55 Å². The molecule has 3 rings (SSSR count). The summed E-state index contributed by atoms with van der Waals surface area (Å²) in [5, 5.41) is 8.93. The molecular formula is C19H14N2O5. The highest BCUT2D eigenvalue weighted by molar-refractivity contribution is 6.14. The molecule has 26 heavy (non-hydrogen) atoms. The van der Waals surface area contributed by atoms with Crippen LogP contribution in [0.2, 0.25) is 0 Å². The molecule has 0 saturated heterocycles. The van der Waals surface area contributed by atoms with Gasteiger partial charge in [0.2, 0.25) is 0 Å². The number of carbonyl (C=O) groups is 3. The number of aromatic carboxylic acids is 1. The van der Waals surface area contributed by atoms with E-state index in [1.165, 1.54) is 42.7 Å². The largest absolute Gasteiger partial charge is 0.478 e. The number of ketones is 1. The number of aromatic nitrogens is 2. The molecule has 1 N–H and O–H groups in total. The quantitative estimate of drug-likeness (QED) is 0.542. The fourth-order valence-electron chi connectivity index (χ4n) is 2.35. The van der Waals surface area contributed by atoms with Gasteiger partial charge in [-0.2, -0.15) is 0 Å². The lowest BCUT2D eigenvalue weighted by atomic mass is 9.97. The summed E-state index contributed by atoms with van der Waals surface area (Å²) >= 11 is 0. The van der Waals surface area contributed by atoms with Gasteiger partial charge in [0.15, 0.2) is 12.5 Å². The van der Waals surface area contributed by atoms with Crippen LogP contribution in [0.25, 0.3) is 0 Å². The molecule has 0 saturated carbocycles. The number of hydrogen-bond acceptors (Lipinski definition) is 5. The Bertz CT molecular complexity index is 946. The zero-order chi connectivity index (χ0) is 18.5. The minimum absolute atomic E-state index is 0.0192. The first-order valence-corrected chi connectivity index (χ1v) is 7.66. The number of esters is 1. The molecule has 2 aromatic carbocycles. The Morgan fingerprint density at radius 3 is 2.23 bits per heavy atom. The van der Waals surface area contributed by atoms with Crippen LogP contribution in [0.5, 0.6) is 0 Å². The van der Waals surface area contributed by atoms with Gasteiger partial charge in [0.05, 0.1) is 17.5 Å². The van der Waals surface area contributed by atoms with E-state index in [1.54, 1.807) is 29.1 Å². The summed E-state index contributed by atoms with van der Waals surface area (Å²) in [4.78, 5) is 39.8. The van der Waals surface area contributed by atoms with Crippen LogP contribution in [0.1, 0.15) is 36.6 Å². The van der Waals surface area contributed by atoms with E-state index >= 15 is 0 Å². The van der Waals surface area contributed by atoms with Crippen LogP contribution in [-0.2, 0) is 11.5 Å². The minimum atomic E-state index is -1.08. The topological polar surface area (TPSA) is 98.5 Å². The van der Waals surface area contributed by atoms with Crippen LogP contribution < -0.4 is 0 Å². The zero-order valence-electron chi connectivity index (χ0n) is 13.5. The van der Waals surface area contributed by atoms with Crippen molar-refractivity contribution in [2.24, 2.45) is 0 Å². The van der Waals surface area contributed by atoms with E-state index in [-0.39, 0.29) is 29.0 Å². The molecule has 0 aliphatic rings. The van der Waals surface area contributed by atoms with E-state index in [4.69, 9.17) is 9.84 Å². The van der Waals surface area contributed by atoms with E-state index in [0.29, 0.717) is 0 Å². The third-order valence-electron chi connectivity index (χ3n) is 3.69. The van der Waals surface area contributed by atoms with Gasteiger partial charge in [0.25, 0.3) is 0 Å². The molecule has 7 nitrogen and oxygen atoms in total. The second-order valence-corrected chi connectivity index (χ2v) is 5.40. The van der Waals surface area contributed by atoms with Gasteiger partial charge >= 0.3 is 11.9 Å². The lowest BCUT2D eigenvalue weighted by Crippen LogP contribution is -2.14. The number of imidazole rings is 1. The first kappa shape index (κ1) is 17.1. The van der Waals surface area contributed by atoms with E-state index in [1.807, 2.05) is 0 Å². The Hall–Kier alpha value is -3.74. The molecule has 7 heteroatoms. The number of nitrogens with zero attached hydrogens (tertiary/aromatic N) is 2. The molecular weight excluding hydrogens is 336 g/mol. The van der Waals surface area contributed by atoms with Gasteiger partial charge in [-0.15, -0.1) is 0 Å². The number of carboxylic acid groups (broad SMARTS) is 1. The summed E-state index contributed by atoms with van der Waals surface area (Å²) in [6, 6.07) is 11.8. The predicted molar refractivity (Wildman–Crippen MR) is 90.9 cm³/mol. The highest BCUT2D eigenvalue weighted by Gasteiger charge is 2.19. The molecule has 0 spiro atoms. The van der Waals surface area contributed by atoms with Crippen molar-refractivity contribution in [2.75, 3.05) is 0 Å². The Labute approximate surface area is 148 Å². The van der Waals surface area contributed by atoms with Crippen LogP contribution in [-0.4, -0.2) is 32.4 Å². The molecule has 3 aromatic rings. The smallest absolute Gasteiger partial charge is 0.340 e. The van der Waals surface area contributed by atoms with Gasteiger partial charge < -0.3 is 14.4 Å². The van der Waals surface area contributed by atoms with Gasteiger partial charge in [-0.3, -0.25) is 4.79 Å². The SMILES string of the molecule is O=C(O)c1ccc(C(=O)c2ccccc2C(=O)OCn2ccnc2)cc1. The monoisotopic (exact) mass is 350 g/mol. The maximum Gasteiger partial charge on any atom is 0.340 e. The highest BCUT2D eigenvalue weighted by atomic mass is 16.5. The van der Waals surface area contributed by atoms with Crippen molar-refractivity contribution in [3.63, 3.8) is 0 Å². The van der Waals surface area contributed by atoms with Crippen LogP contribution in [0, 0.1) is 0 Å². The van der Waals surface area contributed by atoms with Crippen molar-refractivity contribution in [2.45, 2.75) is 6.73 Å². The fraction of sp³-hybridized carbons (Fsp3) is 0.0526. The summed E-state index contributed by atoms with van der Waals surface area (Å²) in [5.74, 6) is -2.10. The molecule has 0 fully saturated rings.